The van der Waals surface area contributed by atoms with Crippen molar-refractivity contribution in [3.63, 3.8) is 0 Å². The highest BCUT2D eigenvalue weighted by Gasteiger charge is 2.30. The lowest BCUT2D eigenvalue weighted by Gasteiger charge is -2.14. The van der Waals surface area contributed by atoms with Gasteiger partial charge in [0.05, 0.1) is 35.3 Å². The van der Waals surface area contributed by atoms with Crippen LogP contribution in [0.5, 0.6) is 11.5 Å². The van der Waals surface area contributed by atoms with Crippen molar-refractivity contribution in [2.24, 2.45) is 5.10 Å². The molecule has 2 aromatic carbocycles. The maximum absolute atomic E-state index is 12.9. The highest BCUT2D eigenvalue weighted by molar-refractivity contribution is 14.1. The van der Waals surface area contributed by atoms with Crippen molar-refractivity contribution in [3.05, 3.63) is 75.3 Å². The van der Waals surface area contributed by atoms with Crippen LogP contribution in [0.15, 0.2) is 64.3 Å². The number of methoxy groups -OCH3 is 1. The van der Waals surface area contributed by atoms with Crippen LogP contribution in [0.1, 0.15) is 16.9 Å². The van der Waals surface area contributed by atoms with Gasteiger partial charge in [0.25, 0.3) is 5.91 Å². The van der Waals surface area contributed by atoms with Gasteiger partial charge >= 0.3 is 18.0 Å². The molecule has 3 aromatic rings. The highest BCUT2D eigenvalue weighted by atomic mass is 127. The van der Waals surface area contributed by atoms with Gasteiger partial charge in [-0.05, 0) is 70.6 Å². The van der Waals surface area contributed by atoms with E-state index in [1.165, 1.54) is 37.8 Å². The summed E-state index contributed by atoms with van der Waals surface area (Å²) in [5.74, 6) is -1.65. The molecule has 200 valence electrons. The minimum Gasteiger partial charge on any atom is -0.493 e. The second-order valence-corrected chi connectivity index (χ2v) is 8.57. The van der Waals surface area contributed by atoms with E-state index in [1.807, 2.05) is 22.6 Å². The maximum atomic E-state index is 12.9. The lowest BCUT2D eigenvalue weighted by Crippen LogP contribution is -2.37. The summed E-state index contributed by atoms with van der Waals surface area (Å²) in [7, 11) is 1.37. The molecule has 0 aliphatic carbocycles. The topological polar surface area (TPSA) is 131 Å². The Morgan fingerprint density at radius 2 is 1.89 bits per heavy atom. The summed E-state index contributed by atoms with van der Waals surface area (Å²) < 4.78 is 55.0. The largest absolute Gasteiger partial charge is 0.493 e. The Morgan fingerprint density at radius 3 is 2.58 bits per heavy atom. The first-order valence-electron chi connectivity index (χ1n) is 10.7. The Bertz CT molecular complexity index is 1330. The van der Waals surface area contributed by atoms with E-state index in [2.05, 4.69) is 21.2 Å². The molecule has 0 bridgehead atoms. The molecule has 0 unspecified atom stereocenters. The quantitative estimate of drug-likeness (QED) is 0.141. The number of hydrogen-bond donors (Lipinski definition) is 3. The standard InChI is InChI=1S/C24H20F3IN4O6/c1-36-19-9-14(11-30-32-23(35)22(34)29-12-17-6-3-7-37-17)8-18(28)21(19)38-13-20(33)31-16-5-2-4-15(10-16)24(25,26)27/h2-11H,12-13H2,1H3,(H,29,34)(H,31,33)(H,32,35)/b30-11-. The molecule has 10 nitrogen and oxygen atoms in total. The number of carbonyl (C=O) groups is 3. The predicted molar refractivity (Wildman–Crippen MR) is 138 cm³/mol. The first kappa shape index (κ1) is 28.5. The van der Waals surface area contributed by atoms with E-state index in [1.54, 1.807) is 18.2 Å². The van der Waals surface area contributed by atoms with Gasteiger partial charge in [0.2, 0.25) is 0 Å². The molecule has 0 radical (unpaired) electrons. The number of alkyl halides is 3. The Balaban J connectivity index is 1.56. The molecule has 0 saturated carbocycles. The summed E-state index contributed by atoms with van der Waals surface area (Å²) in [6.07, 6.45) is -1.83. The summed E-state index contributed by atoms with van der Waals surface area (Å²) in [5, 5.41) is 8.47. The Hall–Kier alpha value is -4.08. The third-order valence-electron chi connectivity index (χ3n) is 4.66. The smallest absolute Gasteiger partial charge is 0.416 e. The summed E-state index contributed by atoms with van der Waals surface area (Å²) in [5.41, 5.74) is 1.65. The van der Waals surface area contributed by atoms with Crippen molar-refractivity contribution >= 4 is 52.2 Å². The van der Waals surface area contributed by atoms with Gasteiger partial charge in [-0.25, -0.2) is 5.43 Å². The number of carbonyl (C=O) groups excluding carboxylic acids is 3. The van der Waals surface area contributed by atoms with Gasteiger partial charge in [-0.1, -0.05) is 6.07 Å². The van der Waals surface area contributed by atoms with Crippen molar-refractivity contribution < 1.29 is 41.4 Å². The lowest BCUT2D eigenvalue weighted by molar-refractivity contribution is -0.139. The minimum atomic E-state index is -4.54. The fourth-order valence-corrected chi connectivity index (χ4v) is 3.72. The Labute approximate surface area is 227 Å². The van der Waals surface area contributed by atoms with Crippen molar-refractivity contribution in [2.45, 2.75) is 12.7 Å². The number of benzene rings is 2. The molecular formula is C24H20F3IN4O6. The number of ether oxygens (including phenoxy) is 2. The van der Waals surface area contributed by atoms with Crippen LogP contribution in [0, 0.1) is 3.57 Å². The molecule has 1 heterocycles. The van der Waals surface area contributed by atoms with Gasteiger partial charge in [-0.15, -0.1) is 0 Å². The van der Waals surface area contributed by atoms with E-state index in [-0.39, 0.29) is 23.7 Å². The molecule has 38 heavy (non-hydrogen) atoms. The van der Waals surface area contributed by atoms with Gasteiger partial charge in [0, 0.05) is 5.69 Å². The van der Waals surface area contributed by atoms with Crippen molar-refractivity contribution in [3.8, 4) is 11.5 Å². The van der Waals surface area contributed by atoms with Crippen LogP contribution >= 0.6 is 22.6 Å². The number of hydrogen-bond acceptors (Lipinski definition) is 7. The van der Waals surface area contributed by atoms with E-state index in [4.69, 9.17) is 13.9 Å². The van der Waals surface area contributed by atoms with Crippen LogP contribution in [0.4, 0.5) is 18.9 Å². The number of hydrazone groups is 1. The van der Waals surface area contributed by atoms with Crippen LogP contribution in [-0.2, 0) is 27.1 Å². The molecule has 0 aliphatic rings. The number of furan rings is 1. The van der Waals surface area contributed by atoms with E-state index in [0.29, 0.717) is 14.9 Å². The zero-order chi connectivity index (χ0) is 27.7. The molecule has 3 N–H and O–H groups in total. The zero-order valence-electron chi connectivity index (χ0n) is 19.6. The summed E-state index contributed by atoms with van der Waals surface area (Å²) in [4.78, 5) is 35.9. The number of halogens is 4. The zero-order valence-corrected chi connectivity index (χ0v) is 21.8. The fraction of sp³-hybridized carbons (Fsp3) is 0.167. The highest BCUT2D eigenvalue weighted by Crippen LogP contribution is 2.34. The molecule has 0 atom stereocenters. The van der Waals surface area contributed by atoms with E-state index < -0.39 is 36.1 Å². The number of amides is 3. The Kier molecular flexibility index (Phi) is 9.70. The Morgan fingerprint density at radius 1 is 1.11 bits per heavy atom. The van der Waals surface area contributed by atoms with Gasteiger partial charge in [-0.2, -0.15) is 18.3 Å². The van der Waals surface area contributed by atoms with Gasteiger partial charge in [0.15, 0.2) is 18.1 Å². The third kappa shape index (κ3) is 8.22. The first-order chi connectivity index (χ1) is 18.1. The van der Waals surface area contributed by atoms with Crippen molar-refractivity contribution in [1.29, 1.82) is 0 Å². The van der Waals surface area contributed by atoms with Gasteiger partial charge < -0.3 is 24.5 Å². The molecule has 0 saturated heterocycles. The number of nitrogens with zero attached hydrogens (tertiary/aromatic N) is 1. The molecular weight excluding hydrogens is 624 g/mol. The normalized spacial score (nSPS) is 11.2. The SMILES string of the molecule is COc1cc(/C=N\NC(=O)C(=O)NCc2ccco2)cc(I)c1OCC(=O)Nc1cccc(C(F)(F)F)c1. The molecule has 3 amide bonds. The molecule has 1 aromatic heterocycles. The predicted octanol–water partition coefficient (Wildman–Crippen LogP) is 3.70. The van der Waals surface area contributed by atoms with Gasteiger partial charge in [-0.3, -0.25) is 14.4 Å². The van der Waals surface area contributed by atoms with E-state index in [0.717, 1.165) is 12.1 Å². The number of rotatable bonds is 9. The first-order valence-corrected chi connectivity index (χ1v) is 11.8. The minimum absolute atomic E-state index is 0.0293. The molecule has 3 rings (SSSR count). The van der Waals surface area contributed by atoms with Crippen molar-refractivity contribution in [1.82, 2.24) is 10.7 Å². The summed E-state index contributed by atoms with van der Waals surface area (Å²) >= 11 is 1.93. The molecule has 14 heteroatoms. The average molecular weight is 644 g/mol. The van der Waals surface area contributed by atoms with Crippen LogP contribution < -0.4 is 25.5 Å². The third-order valence-corrected chi connectivity index (χ3v) is 5.46. The number of nitrogens with one attached hydrogen (secondary N) is 3. The maximum Gasteiger partial charge on any atom is 0.416 e. The second-order valence-electron chi connectivity index (χ2n) is 7.41. The van der Waals surface area contributed by atoms with Crippen molar-refractivity contribution in [2.75, 3.05) is 19.0 Å². The van der Waals surface area contributed by atoms with E-state index in [9.17, 15) is 27.6 Å². The molecule has 0 aliphatic heterocycles. The molecule has 0 fully saturated rings. The van der Waals surface area contributed by atoms with Gasteiger partial charge in [0.1, 0.15) is 5.76 Å². The van der Waals surface area contributed by atoms with Crippen LogP contribution in [0.3, 0.4) is 0 Å². The molecule has 0 spiro atoms. The summed E-state index contributed by atoms with van der Waals surface area (Å²) in [6, 6.07) is 10.6. The summed E-state index contributed by atoms with van der Waals surface area (Å²) in [6.45, 7) is -0.461. The monoisotopic (exact) mass is 644 g/mol. The lowest BCUT2D eigenvalue weighted by atomic mass is 10.2. The van der Waals surface area contributed by atoms with Crippen LogP contribution in [-0.4, -0.2) is 37.7 Å². The van der Waals surface area contributed by atoms with E-state index >= 15 is 0 Å². The fourth-order valence-electron chi connectivity index (χ4n) is 2.94. The second kappa shape index (κ2) is 12.9. The van der Waals surface area contributed by atoms with Crippen LogP contribution in [0.2, 0.25) is 0 Å². The average Bonchev–Trinajstić information content (AvgIpc) is 3.39. The number of anilines is 1. The van der Waals surface area contributed by atoms with Crippen LogP contribution in [0.25, 0.3) is 0 Å².